The Labute approximate surface area is 273 Å². The molecule has 2 nitrogen and oxygen atoms in total. The molecule has 0 heterocycles. The van der Waals surface area contributed by atoms with Crippen LogP contribution in [0.4, 0.5) is 5.69 Å². The van der Waals surface area contributed by atoms with Gasteiger partial charge in [0.25, 0.3) is 0 Å². The number of hydrogen-bond donors (Lipinski definition) is 0. The van der Waals surface area contributed by atoms with Crippen molar-refractivity contribution >= 4 is 11.8 Å². The van der Waals surface area contributed by atoms with Gasteiger partial charge in [0, 0.05) is 0 Å². The molecule has 0 saturated heterocycles. The van der Waals surface area contributed by atoms with E-state index in [4.69, 9.17) is 5.11 Å². The lowest BCUT2D eigenvalue weighted by molar-refractivity contribution is 0.605. The van der Waals surface area contributed by atoms with Crippen LogP contribution in [0.5, 0.6) is 0 Å². The SMILES string of the molecule is CCCCCCCCc1cc(N=NC=Cc2ccc(CCCCCC)c(CCCCCC)c2)cc(CCCC)c1CCCC. The van der Waals surface area contributed by atoms with Crippen molar-refractivity contribution in [3.63, 3.8) is 0 Å². The van der Waals surface area contributed by atoms with E-state index in [9.17, 15) is 0 Å². The topological polar surface area (TPSA) is 24.7 Å². The van der Waals surface area contributed by atoms with E-state index in [-0.39, 0.29) is 0 Å². The summed E-state index contributed by atoms with van der Waals surface area (Å²) in [7, 11) is 0. The fourth-order valence-electron chi connectivity index (χ4n) is 6.35. The average Bonchev–Trinajstić information content (AvgIpc) is 3.04. The highest BCUT2D eigenvalue weighted by Crippen LogP contribution is 2.29. The van der Waals surface area contributed by atoms with Gasteiger partial charge < -0.3 is 0 Å². The first-order chi connectivity index (χ1) is 21.7. The van der Waals surface area contributed by atoms with Crippen LogP contribution in [0.25, 0.3) is 6.08 Å². The maximum absolute atomic E-state index is 4.75. The smallest absolute Gasteiger partial charge is 0.0862 e. The normalized spacial score (nSPS) is 11.8. The van der Waals surface area contributed by atoms with Gasteiger partial charge in [-0.1, -0.05) is 136 Å². The molecular formula is C42H68N2. The summed E-state index contributed by atoms with van der Waals surface area (Å²) in [6, 6.07) is 11.8. The number of unbranched alkanes of at least 4 members (excludes halogenated alkanes) is 13. The van der Waals surface area contributed by atoms with Crippen LogP contribution in [0.3, 0.4) is 0 Å². The fourth-order valence-corrected chi connectivity index (χ4v) is 6.35. The van der Waals surface area contributed by atoms with Gasteiger partial charge in [-0.05, 0) is 116 Å². The third-order valence-corrected chi connectivity index (χ3v) is 9.14. The summed E-state index contributed by atoms with van der Waals surface area (Å²) in [5.74, 6) is 0. The molecule has 0 N–H and O–H groups in total. The number of benzene rings is 2. The Bertz CT molecular complexity index is 1060. The van der Waals surface area contributed by atoms with E-state index < -0.39 is 0 Å². The largest absolute Gasteiger partial charge is 0.159 e. The molecule has 2 rings (SSSR count). The van der Waals surface area contributed by atoms with E-state index in [1.54, 1.807) is 16.7 Å². The second kappa shape index (κ2) is 25.0. The third-order valence-electron chi connectivity index (χ3n) is 9.14. The predicted molar refractivity (Wildman–Crippen MR) is 196 cm³/mol. The molecule has 0 aliphatic carbocycles. The highest BCUT2D eigenvalue weighted by atomic mass is 15.1. The summed E-state index contributed by atoms with van der Waals surface area (Å²) in [4.78, 5) is 0. The number of nitrogens with zero attached hydrogens (tertiary/aromatic N) is 2. The molecule has 2 heteroatoms. The summed E-state index contributed by atoms with van der Waals surface area (Å²) < 4.78 is 0. The second-order valence-electron chi connectivity index (χ2n) is 13.1. The van der Waals surface area contributed by atoms with E-state index >= 15 is 0 Å². The predicted octanol–water partition coefficient (Wildman–Crippen LogP) is 14.3. The van der Waals surface area contributed by atoms with Gasteiger partial charge in [0.1, 0.15) is 0 Å². The van der Waals surface area contributed by atoms with Crippen molar-refractivity contribution in [2.45, 2.75) is 182 Å². The van der Waals surface area contributed by atoms with Gasteiger partial charge in [0.2, 0.25) is 0 Å². The third kappa shape index (κ3) is 15.7. The molecule has 0 spiro atoms. The van der Waals surface area contributed by atoms with E-state index in [1.165, 1.54) is 158 Å². The second-order valence-corrected chi connectivity index (χ2v) is 13.1. The highest BCUT2D eigenvalue weighted by Gasteiger charge is 2.11. The highest BCUT2D eigenvalue weighted by molar-refractivity contribution is 5.52. The first kappa shape index (κ1) is 38.0. The Balaban J connectivity index is 2.20. The standard InChI is InChI=1S/C42H68N2/c1-6-11-16-19-20-23-27-40-35-41(34-39(24-14-9-4)42(40)28-15-10-5)44-43-32-31-36-29-30-37(25-21-17-12-7-2)38(33-36)26-22-18-13-8-3/h29-35H,6-28H2,1-5H3. The lowest BCUT2D eigenvalue weighted by Gasteiger charge is -2.16. The first-order valence-electron chi connectivity index (χ1n) is 19.0. The number of rotatable bonds is 26. The first-order valence-corrected chi connectivity index (χ1v) is 19.0. The van der Waals surface area contributed by atoms with Gasteiger partial charge in [0.15, 0.2) is 0 Å². The van der Waals surface area contributed by atoms with Gasteiger partial charge in [-0.15, -0.1) is 0 Å². The quantitative estimate of drug-likeness (QED) is 0.0758. The molecule has 0 saturated carbocycles. The summed E-state index contributed by atoms with van der Waals surface area (Å²) in [5.41, 5.74) is 10.0. The lowest BCUT2D eigenvalue weighted by Crippen LogP contribution is -2.02. The van der Waals surface area contributed by atoms with Crippen LogP contribution in [-0.4, -0.2) is 0 Å². The fraction of sp³-hybridized carbons (Fsp3) is 0.667. The summed E-state index contributed by atoms with van der Waals surface area (Å²) in [6.07, 6.45) is 33.6. The van der Waals surface area contributed by atoms with E-state index in [0.717, 1.165) is 12.1 Å². The van der Waals surface area contributed by atoms with E-state index in [2.05, 4.69) is 76.1 Å². The van der Waals surface area contributed by atoms with Crippen molar-refractivity contribution in [2.24, 2.45) is 10.2 Å². The summed E-state index contributed by atoms with van der Waals surface area (Å²) in [5, 5.41) is 9.32. The van der Waals surface area contributed by atoms with Crippen LogP contribution in [0, 0.1) is 0 Å². The monoisotopic (exact) mass is 601 g/mol. The molecule has 0 atom stereocenters. The van der Waals surface area contributed by atoms with Crippen LogP contribution in [-0.2, 0) is 32.1 Å². The Kier molecular flexibility index (Phi) is 21.6. The molecule has 44 heavy (non-hydrogen) atoms. The Morgan fingerprint density at radius 3 is 1.55 bits per heavy atom. The van der Waals surface area contributed by atoms with Crippen molar-refractivity contribution in [3.05, 3.63) is 69.9 Å². The summed E-state index contributed by atoms with van der Waals surface area (Å²) in [6.45, 7) is 11.5. The Hall–Kier alpha value is -2.22. The lowest BCUT2D eigenvalue weighted by atomic mass is 9.90. The Morgan fingerprint density at radius 1 is 0.455 bits per heavy atom. The molecule has 0 unspecified atom stereocenters. The minimum Gasteiger partial charge on any atom is -0.159 e. The maximum Gasteiger partial charge on any atom is 0.0862 e. The number of hydrogen-bond acceptors (Lipinski definition) is 2. The molecule has 2 aromatic carbocycles. The maximum atomic E-state index is 4.75. The van der Waals surface area contributed by atoms with Crippen molar-refractivity contribution in [3.8, 4) is 0 Å². The zero-order valence-corrected chi connectivity index (χ0v) is 29.7. The minimum atomic E-state index is 1.03. The van der Waals surface area contributed by atoms with Crippen molar-refractivity contribution < 1.29 is 0 Å². The van der Waals surface area contributed by atoms with E-state index in [1.807, 2.05) is 6.20 Å². The molecule has 0 fully saturated rings. The van der Waals surface area contributed by atoms with Gasteiger partial charge in [0.05, 0.1) is 11.9 Å². The van der Waals surface area contributed by atoms with Gasteiger partial charge in [-0.25, -0.2) is 0 Å². The molecule has 0 aromatic heterocycles. The number of aryl methyl sites for hydroxylation is 4. The van der Waals surface area contributed by atoms with Gasteiger partial charge >= 0.3 is 0 Å². The van der Waals surface area contributed by atoms with Crippen molar-refractivity contribution in [2.75, 3.05) is 0 Å². The van der Waals surface area contributed by atoms with Crippen LogP contribution in [0.2, 0.25) is 0 Å². The molecule has 0 aliphatic heterocycles. The van der Waals surface area contributed by atoms with Crippen molar-refractivity contribution in [1.82, 2.24) is 0 Å². The van der Waals surface area contributed by atoms with Crippen LogP contribution in [0.15, 0.2) is 46.8 Å². The zero-order valence-electron chi connectivity index (χ0n) is 29.7. The molecule has 0 amide bonds. The van der Waals surface area contributed by atoms with Gasteiger partial charge in [-0.3, -0.25) is 0 Å². The Morgan fingerprint density at radius 2 is 0.932 bits per heavy atom. The minimum absolute atomic E-state index is 1.03. The molecular weight excluding hydrogens is 532 g/mol. The average molecular weight is 601 g/mol. The van der Waals surface area contributed by atoms with Crippen molar-refractivity contribution in [1.29, 1.82) is 0 Å². The van der Waals surface area contributed by atoms with Gasteiger partial charge in [-0.2, -0.15) is 10.2 Å². The van der Waals surface area contributed by atoms with Crippen LogP contribution < -0.4 is 0 Å². The van der Waals surface area contributed by atoms with Crippen LogP contribution in [0.1, 0.15) is 184 Å². The molecule has 246 valence electrons. The molecule has 2 aromatic rings. The summed E-state index contributed by atoms with van der Waals surface area (Å²) >= 11 is 0. The zero-order chi connectivity index (χ0) is 31.7. The van der Waals surface area contributed by atoms with E-state index in [0.29, 0.717) is 0 Å². The molecule has 0 aliphatic rings. The molecule has 0 bridgehead atoms. The van der Waals surface area contributed by atoms with Crippen LogP contribution >= 0.6 is 0 Å². The molecule has 0 radical (unpaired) electrons. The number of azo groups is 1.